The van der Waals surface area contributed by atoms with Crippen LogP contribution in [-0.2, 0) is 19.6 Å². The Kier molecular flexibility index (Phi) is 14.5. The molecule has 0 bridgehead atoms. The first kappa shape index (κ1) is 37.4. The molecular weight excluding hydrogens is 608 g/mol. The molecule has 0 unspecified atom stereocenters. The van der Waals surface area contributed by atoms with Crippen LogP contribution in [0.4, 0.5) is 5.69 Å². The van der Waals surface area contributed by atoms with E-state index in [4.69, 9.17) is 9.47 Å². The number of aliphatic hydroxyl groups is 1. The average Bonchev–Trinajstić information content (AvgIpc) is 3.02. The molecule has 46 heavy (non-hydrogen) atoms. The number of carbonyl (C=O) groups is 2. The second kappa shape index (κ2) is 17.8. The number of benzene rings is 2. The maximum atomic E-state index is 14.3. The van der Waals surface area contributed by atoms with Crippen molar-refractivity contribution >= 4 is 27.5 Å². The summed E-state index contributed by atoms with van der Waals surface area (Å²) in [6.45, 7) is 6.85. The van der Waals surface area contributed by atoms with Gasteiger partial charge < -0.3 is 29.7 Å². The number of aliphatic hydroxyl groups excluding tert-OH is 1. The molecule has 2 aromatic carbocycles. The van der Waals surface area contributed by atoms with E-state index in [0.717, 1.165) is 25.8 Å². The Morgan fingerprint density at radius 1 is 1.11 bits per heavy atom. The Morgan fingerprint density at radius 3 is 2.50 bits per heavy atom. The number of nitrogens with one attached hydrogen (secondary N) is 1. The molecule has 0 aliphatic carbocycles. The first-order chi connectivity index (χ1) is 21.8. The van der Waals surface area contributed by atoms with E-state index < -0.39 is 22.2 Å². The zero-order valence-corrected chi connectivity index (χ0v) is 29.0. The van der Waals surface area contributed by atoms with Crippen molar-refractivity contribution in [2.24, 2.45) is 5.92 Å². The summed E-state index contributed by atoms with van der Waals surface area (Å²) in [5.74, 6) is -0.393. The van der Waals surface area contributed by atoms with Gasteiger partial charge in [0.1, 0.15) is 5.75 Å². The van der Waals surface area contributed by atoms with Crippen molar-refractivity contribution < 1.29 is 32.6 Å². The number of fused-ring (bicyclic) bond motifs is 1. The van der Waals surface area contributed by atoms with Crippen molar-refractivity contribution in [3.05, 3.63) is 54.1 Å². The van der Waals surface area contributed by atoms with E-state index in [1.54, 1.807) is 60.4 Å². The highest BCUT2D eigenvalue weighted by Gasteiger charge is 2.32. The summed E-state index contributed by atoms with van der Waals surface area (Å²) in [4.78, 5) is 30.7. The van der Waals surface area contributed by atoms with Crippen LogP contribution in [0.5, 0.6) is 5.75 Å². The molecular formula is C34H52N4O7S. The molecule has 0 radical (unpaired) electrons. The quantitative estimate of drug-likeness (QED) is 0.369. The Bertz CT molecular complexity index is 1370. The van der Waals surface area contributed by atoms with E-state index in [9.17, 15) is 23.1 Å². The first-order valence-corrected chi connectivity index (χ1v) is 17.6. The number of hydrogen-bond donors (Lipinski definition) is 2. The molecule has 1 aliphatic rings. The minimum absolute atomic E-state index is 0.0913. The van der Waals surface area contributed by atoms with E-state index in [1.807, 2.05) is 32.8 Å². The molecule has 0 fully saturated rings. The summed E-state index contributed by atoms with van der Waals surface area (Å²) in [7, 11) is 1.69. The SMILES string of the molecule is C[C@H](CO)N1C[C@H](C)[C@H](CN(C)S(=O)(=O)c2ccccc2)OCCCC[C@H](C)Oc2ccc(NC(=O)CCCN(C)C)cc2C1=O. The minimum Gasteiger partial charge on any atom is -0.490 e. The summed E-state index contributed by atoms with van der Waals surface area (Å²) in [6.07, 6.45) is 2.63. The number of carbonyl (C=O) groups excluding carboxylic acids is 2. The normalized spacial score (nSPS) is 20.9. The molecule has 2 amide bonds. The van der Waals surface area contributed by atoms with Crippen molar-refractivity contribution in [3.63, 3.8) is 0 Å². The highest BCUT2D eigenvalue weighted by Crippen LogP contribution is 2.29. The Balaban J connectivity index is 1.92. The lowest BCUT2D eigenvalue weighted by molar-refractivity contribution is -0.116. The number of nitrogens with zero attached hydrogens (tertiary/aromatic N) is 3. The predicted molar refractivity (Wildman–Crippen MR) is 180 cm³/mol. The summed E-state index contributed by atoms with van der Waals surface area (Å²) >= 11 is 0. The standard InChI is InChI=1S/C34H52N4O7S/c1-25-22-38(26(2)24-39)34(41)30-21-28(35-33(40)16-12-19-36(4)5)17-18-31(30)45-27(3)13-10-11-20-44-32(25)23-37(6)46(42,43)29-14-8-7-9-15-29/h7-9,14-15,17-18,21,25-27,32,39H,10-13,16,19-20,22-24H2,1-6H3,(H,35,40)/t25-,26+,27-,32-/m0/s1. The molecule has 2 aromatic rings. The molecule has 0 saturated carbocycles. The van der Waals surface area contributed by atoms with Gasteiger partial charge in [-0.25, -0.2) is 8.42 Å². The smallest absolute Gasteiger partial charge is 0.258 e. The van der Waals surface area contributed by atoms with Gasteiger partial charge in [0.25, 0.3) is 5.91 Å². The van der Waals surface area contributed by atoms with E-state index in [-0.39, 0.29) is 54.0 Å². The Labute approximate surface area is 274 Å². The number of hydrogen-bond acceptors (Lipinski definition) is 8. The predicted octanol–water partition coefficient (Wildman–Crippen LogP) is 4.08. The van der Waals surface area contributed by atoms with Crippen LogP contribution in [0.2, 0.25) is 0 Å². The summed E-state index contributed by atoms with van der Waals surface area (Å²) in [5.41, 5.74) is 0.765. The molecule has 0 saturated heterocycles. The summed E-state index contributed by atoms with van der Waals surface area (Å²) in [6, 6.07) is 12.8. The molecule has 1 aliphatic heterocycles. The number of likely N-dealkylation sites (N-methyl/N-ethyl adjacent to an activating group) is 1. The van der Waals surface area contributed by atoms with Gasteiger partial charge in [0.15, 0.2) is 0 Å². The highest BCUT2D eigenvalue weighted by atomic mass is 32.2. The van der Waals surface area contributed by atoms with Crippen LogP contribution in [0.15, 0.2) is 53.4 Å². The summed E-state index contributed by atoms with van der Waals surface area (Å²) < 4.78 is 40.6. The average molecular weight is 661 g/mol. The zero-order valence-electron chi connectivity index (χ0n) is 28.1. The first-order valence-electron chi connectivity index (χ1n) is 16.1. The summed E-state index contributed by atoms with van der Waals surface area (Å²) in [5, 5.41) is 13.1. The van der Waals surface area contributed by atoms with Crippen LogP contribution in [0.3, 0.4) is 0 Å². The second-order valence-electron chi connectivity index (χ2n) is 12.6. The fourth-order valence-electron chi connectivity index (χ4n) is 5.37. The molecule has 0 aromatic heterocycles. The number of amides is 2. The van der Waals surface area contributed by atoms with Gasteiger partial charge in [0, 0.05) is 44.8 Å². The molecule has 0 spiro atoms. The van der Waals surface area contributed by atoms with Crippen molar-refractivity contribution in [2.45, 2.75) is 76.0 Å². The minimum atomic E-state index is -3.76. The van der Waals surface area contributed by atoms with Crippen molar-refractivity contribution in [1.82, 2.24) is 14.1 Å². The Morgan fingerprint density at radius 2 is 1.83 bits per heavy atom. The van der Waals surface area contributed by atoms with Crippen LogP contribution in [0.1, 0.15) is 63.2 Å². The molecule has 4 atom stereocenters. The number of sulfonamides is 1. The van der Waals surface area contributed by atoms with Gasteiger partial charge in [-0.05, 0) is 90.5 Å². The third kappa shape index (κ3) is 10.8. The van der Waals surface area contributed by atoms with Gasteiger partial charge >= 0.3 is 0 Å². The highest BCUT2D eigenvalue weighted by molar-refractivity contribution is 7.89. The van der Waals surface area contributed by atoms with Gasteiger partial charge in [0.2, 0.25) is 15.9 Å². The van der Waals surface area contributed by atoms with Crippen molar-refractivity contribution in [3.8, 4) is 5.75 Å². The lowest BCUT2D eigenvalue weighted by atomic mass is 10.0. The maximum Gasteiger partial charge on any atom is 0.258 e. The van der Waals surface area contributed by atoms with Gasteiger partial charge in [-0.2, -0.15) is 4.31 Å². The molecule has 256 valence electrons. The maximum absolute atomic E-state index is 14.3. The molecule has 3 rings (SSSR count). The third-order valence-corrected chi connectivity index (χ3v) is 10.1. The molecule has 1 heterocycles. The fourth-order valence-corrected chi connectivity index (χ4v) is 6.57. The van der Waals surface area contributed by atoms with Crippen LogP contribution >= 0.6 is 0 Å². The van der Waals surface area contributed by atoms with Crippen molar-refractivity contribution in [2.75, 3.05) is 59.3 Å². The third-order valence-electron chi connectivity index (χ3n) is 8.23. The van der Waals surface area contributed by atoms with Crippen LogP contribution < -0.4 is 10.1 Å². The van der Waals surface area contributed by atoms with Gasteiger partial charge in [-0.15, -0.1) is 0 Å². The molecule has 2 N–H and O–H groups in total. The van der Waals surface area contributed by atoms with E-state index >= 15 is 0 Å². The number of anilines is 1. The molecule has 11 nitrogen and oxygen atoms in total. The number of ether oxygens (including phenoxy) is 2. The van der Waals surface area contributed by atoms with Gasteiger partial charge in [0.05, 0.1) is 35.3 Å². The van der Waals surface area contributed by atoms with E-state index in [0.29, 0.717) is 30.9 Å². The van der Waals surface area contributed by atoms with Gasteiger partial charge in [-0.1, -0.05) is 25.1 Å². The van der Waals surface area contributed by atoms with Crippen LogP contribution in [0, 0.1) is 5.92 Å². The zero-order chi connectivity index (χ0) is 33.9. The fraction of sp³-hybridized carbons (Fsp3) is 0.588. The van der Waals surface area contributed by atoms with Gasteiger partial charge in [-0.3, -0.25) is 9.59 Å². The van der Waals surface area contributed by atoms with Crippen molar-refractivity contribution in [1.29, 1.82) is 0 Å². The Hall–Kier alpha value is -3.03. The van der Waals surface area contributed by atoms with Crippen LogP contribution in [-0.4, -0.2) is 112 Å². The second-order valence-corrected chi connectivity index (χ2v) is 14.6. The van der Waals surface area contributed by atoms with Crippen LogP contribution in [0.25, 0.3) is 0 Å². The monoisotopic (exact) mass is 660 g/mol. The number of rotatable bonds is 11. The van der Waals surface area contributed by atoms with E-state index in [2.05, 4.69) is 5.32 Å². The lowest BCUT2D eigenvalue weighted by Gasteiger charge is -2.35. The van der Waals surface area contributed by atoms with E-state index in [1.165, 1.54) is 11.4 Å². The lowest BCUT2D eigenvalue weighted by Crippen LogP contribution is -2.48. The topological polar surface area (TPSA) is 129 Å². The molecule has 12 heteroatoms. The largest absolute Gasteiger partial charge is 0.490 e.